The zero-order chi connectivity index (χ0) is 17.2. The molecule has 1 atom stereocenters. The quantitative estimate of drug-likeness (QED) is 0.339. The molecule has 1 aromatic heterocycles. The van der Waals surface area contributed by atoms with E-state index in [0.29, 0.717) is 25.0 Å². The summed E-state index contributed by atoms with van der Waals surface area (Å²) in [4.78, 5) is 8.00. The number of hydrogen-bond acceptors (Lipinski definition) is 3. The fourth-order valence-electron chi connectivity index (χ4n) is 2.20. The van der Waals surface area contributed by atoms with E-state index in [9.17, 15) is 8.78 Å². The van der Waals surface area contributed by atoms with E-state index in [1.807, 2.05) is 6.92 Å². The fraction of sp³-hybridized carbons (Fsp3) is 0.733. The standard InChI is InChI=1S/C15H27F2N5O.HI/c1-5-23-12(11(2)3)6-7-20-15(18-4)21-10-13-19-8-9-22(13)14(16)17;/h8-9,11-12,14H,5-7,10H2,1-4H3,(H2,18,20,21);1H. The maximum atomic E-state index is 12.7. The fourth-order valence-corrected chi connectivity index (χ4v) is 2.20. The van der Waals surface area contributed by atoms with Crippen LogP contribution in [0.3, 0.4) is 0 Å². The van der Waals surface area contributed by atoms with E-state index < -0.39 is 6.55 Å². The molecule has 1 unspecified atom stereocenters. The van der Waals surface area contributed by atoms with Crippen molar-refractivity contribution in [1.29, 1.82) is 0 Å². The van der Waals surface area contributed by atoms with Crippen LogP contribution in [-0.2, 0) is 11.3 Å². The lowest BCUT2D eigenvalue weighted by Gasteiger charge is -2.21. The second-order valence-electron chi connectivity index (χ2n) is 5.41. The van der Waals surface area contributed by atoms with Gasteiger partial charge in [-0.2, -0.15) is 8.78 Å². The number of alkyl halides is 2. The van der Waals surface area contributed by atoms with Gasteiger partial charge in [0.05, 0.1) is 12.6 Å². The van der Waals surface area contributed by atoms with E-state index >= 15 is 0 Å². The summed E-state index contributed by atoms with van der Waals surface area (Å²) in [7, 11) is 1.64. The first kappa shape index (κ1) is 23.0. The summed E-state index contributed by atoms with van der Waals surface area (Å²) in [6.07, 6.45) is 3.64. The van der Waals surface area contributed by atoms with Gasteiger partial charge < -0.3 is 15.4 Å². The number of rotatable bonds is 9. The normalized spacial score (nSPS) is 13.1. The van der Waals surface area contributed by atoms with E-state index in [2.05, 4.69) is 34.5 Å². The predicted octanol–water partition coefficient (Wildman–Crippen LogP) is 3.01. The lowest BCUT2D eigenvalue weighted by molar-refractivity contribution is 0.0258. The maximum Gasteiger partial charge on any atom is 0.319 e. The third-order valence-electron chi connectivity index (χ3n) is 3.44. The highest BCUT2D eigenvalue weighted by Gasteiger charge is 2.14. The molecule has 24 heavy (non-hydrogen) atoms. The smallest absolute Gasteiger partial charge is 0.319 e. The summed E-state index contributed by atoms with van der Waals surface area (Å²) in [5.41, 5.74) is 0. The molecule has 6 nitrogen and oxygen atoms in total. The Kier molecular flexibility index (Phi) is 11.9. The van der Waals surface area contributed by atoms with E-state index in [4.69, 9.17) is 4.74 Å². The summed E-state index contributed by atoms with van der Waals surface area (Å²) in [5, 5.41) is 6.14. The highest BCUT2D eigenvalue weighted by Crippen LogP contribution is 2.12. The molecular weight excluding hydrogens is 431 g/mol. The molecular formula is C15H28F2IN5O. The third-order valence-corrected chi connectivity index (χ3v) is 3.44. The van der Waals surface area contributed by atoms with Gasteiger partial charge in [0, 0.05) is 32.6 Å². The Morgan fingerprint density at radius 1 is 1.38 bits per heavy atom. The molecule has 0 amide bonds. The average Bonchev–Trinajstić information content (AvgIpc) is 2.98. The number of aromatic nitrogens is 2. The van der Waals surface area contributed by atoms with Crippen molar-refractivity contribution in [2.75, 3.05) is 20.2 Å². The average molecular weight is 459 g/mol. The van der Waals surface area contributed by atoms with Crippen molar-refractivity contribution < 1.29 is 13.5 Å². The summed E-state index contributed by atoms with van der Waals surface area (Å²) in [6.45, 7) is 5.18. The van der Waals surface area contributed by atoms with E-state index in [0.717, 1.165) is 11.0 Å². The van der Waals surface area contributed by atoms with Crippen molar-refractivity contribution in [2.24, 2.45) is 10.9 Å². The number of halogens is 3. The van der Waals surface area contributed by atoms with Crippen LogP contribution in [0.15, 0.2) is 17.4 Å². The molecule has 0 fully saturated rings. The Hall–Kier alpha value is -0.970. The van der Waals surface area contributed by atoms with Gasteiger partial charge >= 0.3 is 6.55 Å². The van der Waals surface area contributed by atoms with Gasteiger partial charge in [0.2, 0.25) is 0 Å². The van der Waals surface area contributed by atoms with Crippen molar-refractivity contribution in [2.45, 2.75) is 46.4 Å². The highest BCUT2D eigenvalue weighted by molar-refractivity contribution is 14.0. The molecule has 1 heterocycles. The first-order chi connectivity index (χ1) is 11.0. The van der Waals surface area contributed by atoms with Crippen LogP contribution in [-0.4, -0.2) is 41.8 Å². The molecule has 0 aromatic carbocycles. The van der Waals surface area contributed by atoms with Gasteiger partial charge in [0.25, 0.3) is 0 Å². The monoisotopic (exact) mass is 459 g/mol. The lowest BCUT2D eigenvalue weighted by atomic mass is 10.0. The second-order valence-corrected chi connectivity index (χ2v) is 5.41. The Labute approximate surface area is 159 Å². The molecule has 0 aliphatic carbocycles. The molecule has 9 heteroatoms. The minimum atomic E-state index is -2.60. The molecule has 140 valence electrons. The summed E-state index contributed by atoms with van der Waals surface area (Å²) >= 11 is 0. The molecule has 0 saturated carbocycles. The van der Waals surface area contributed by atoms with Gasteiger partial charge in [0.1, 0.15) is 5.82 Å². The summed E-state index contributed by atoms with van der Waals surface area (Å²) < 4.78 is 32.0. The number of aliphatic imine (C=N–C) groups is 1. The van der Waals surface area contributed by atoms with Crippen LogP contribution >= 0.6 is 24.0 Å². The zero-order valence-electron chi connectivity index (χ0n) is 14.6. The van der Waals surface area contributed by atoms with Crippen LogP contribution in [0.2, 0.25) is 0 Å². The SMILES string of the molecule is CCOC(CCNC(=NC)NCc1nccn1C(F)F)C(C)C.I. The Morgan fingerprint density at radius 3 is 2.62 bits per heavy atom. The van der Waals surface area contributed by atoms with Crippen LogP contribution in [0.25, 0.3) is 0 Å². The second kappa shape index (κ2) is 12.4. The Bertz CT molecular complexity index is 482. The first-order valence-corrected chi connectivity index (χ1v) is 7.85. The highest BCUT2D eigenvalue weighted by atomic mass is 127. The van der Waals surface area contributed by atoms with Gasteiger partial charge in [-0.1, -0.05) is 13.8 Å². The molecule has 0 bridgehead atoms. The largest absolute Gasteiger partial charge is 0.378 e. The third kappa shape index (κ3) is 7.73. The van der Waals surface area contributed by atoms with Gasteiger partial charge in [-0.25, -0.2) is 4.98 Å². The van der Waals surface area contributed by atoms with Gasteiger partial charge in [-0.15, -0.1) is 24.0 Å². The minimum absolute atomic E-state index is 0. The van der Waals surface area contributed by atoms with Crippen LogP contribution < -0.4 is 10.6 Å². The maximum absolute atomic E-state index is 12.7. The van der Waals surface area contributed by atoms with E-state index in [-0.39, 0.29) is 42.4 Å². The van der Waals surface area contributed by atoms with Gasteiger partial charge in [0.15, 0.2) is 5.96 Å². The minimum Gasteiger partial charge on any atom is -0.378 e. The van der Waals surface area contributed by atoms with Crippen molar-refractivity contribution in [1.82, 2.24) is 20.2 Å². The van der Waals surface area contributed by atoms with Crippen LogP contribution in [0.1, 0.15) is 39.6 Å². The van der Waals surface area contributed by atoms with Gasteiger partial charge in [-0.05, 0) is 19.3 Å². The van der Waals surface area contributed by atoms with Crippen molar-refractivity contribution >= 4 is 29.9 Å². The number of ether oxygens (including phenoxy) is 1. The van der Waals surface area contributed by atoms with Crippen LogP contribution in [0, 0.1) is 5.92 Å². The molecule has 0 radical (unpaired) electrons. The molecule has 0 aliphatic heterocycles. The van der Waals surface area contributed by atoms with Gasteiger partial charge in [-0.3, -0.25) is 9.56 Å². The molecule has 0 aliphatic rings. The number of nitrogens with zero attached hydrogens (tertiary/aromatic N) is 3. The topological polar surface area (TPSA) is 63.5 Å². The first-order valence-electron chi connectivity index (χ1n) is 7.85. The summed E-state index contributed by atoms with van der Waals surface area (Å²) in [5.74, 6) is 1.25. The number of nitrogens with one attached hydrogen (secondary N) is 2. The molecule has 0 saturated heterocycles. The van der Waals surface area contributed by atoms with E-state index in [1.54, 1.807) is 7.05 Å². The number of imidazole rings is 1. The van der Waals surface area contributed by atoms with Crippen molar-refractivity contribution in [3.63, 3.8) is 0 Å². The van der Waals surface area contributed by atoms with Crippen LogP contribution in [0.4, 0.5) is 8.78 Å². The molecule has 1 aromatic rings. The Balaban J connectivity index is 0.00000529. The van der Waals surface area contributed by atoms with E-state index in [1.165, 1.54) is 12.4 Å². The predicted molar refractivity (Wildman–Crippen MR) is 102 cm³/mol. The zero-order valence-corrected chi connectivity index (χ0v) is 17.0. The lowest BCUT2D eigenvalue weighted by Crippen LogP contribution is -2.39. The summed E-state index contributed by atoms with van der Waals surface area (Å²) in [6, 6.07) is 0. The van der Waals surface area contributed by atoms with Crippen molar-refractivity contribution in [3.8, 4) is 0 Å². The molecule has 0 spiro atoms. The van der Waals surface area contributed by atoms with Crippen molar-refractivity contribution in [3.05, 3.63) is 18.2 Å². The van der Waals surface area contributed by atoms with Crippen LogP contribution in [0.5, 0.6) is 0 Å². The Morgan fingerprint density at radius 2 is 2.08 bits per heavy atom. The molecule has 1 rings (SSSR count). The number of guanidine groups is 1. The molecule has 2 N–H and O–H groups in total. The number of hydrogen-bond donors (Lipinski definition) is 2.